The summed E-state index contributed by atoms with van der Waals surface area (Å²) in [5.41, 5.74) is 4.32. The van der Waals surface area contributed by atoms with Crippen molar-refractivity contribution in [1.29, 1.82) is 0 Å². The fourth-order valence-electron chi connectivity index (χ4n) is 1.90. The highest BCUT2D eigenvalue weighted by atomic mass is 79.9. The molecule has 0 aliphatic rings. The minimum Gasteiger partial charge on any atom is -0.496 e. The van der Waals surface area contributed by atoms with Gasteiger partial charge in [-0.3, -0.25) is 0 Å². The predicted octanol–water partition coefficient (Wildman–Crippen LogP) is 4.52. The van der Waals surface area contributed by atoms with E-state index < -0.39 is 0 Å². The zero-order chi connectivity index (χ0) is 14.0. The first-order valence-electron chi connectivity index (χ1n) is 6.07. The number of methoxy groups -OCH3 is 1. The Labute approximate surface area is 122 Å². The van der Waals surface area contributed by atoms with Gasteiger partial charge in [0.2, 0.25) is 0 Å². The second-order valence-corrected chi connectivity index (χ2v) is 5.31. The fourth-order valence-corrected chi connectivity index (χ4v) is 2.12. The van der Waals surface area contributed by atoms with E-state index in [0.29, 0.717) is 0 Å². The highest BCUT2D eigenvalue weighted by Gasteiger charge is 2.07. The number of anilines is 2. The van der Waals surface area contributed by atoms with Crippen LogP contribution in [0.25, 0.3) is 0 Å². The van der Waals surface area contributed by atoms with Gasteiger partial charge in [0, 0.05) is 10.2 Å². The van der Waals surface area contributed by atoms with Gasteiger partial charge in [0.15, 0.2) is 0 Å². The minimum atomic E-state index is 0.841. The quantitative estimate of drug-likeness (QED) is 0.902. The van der Waals surface area contributed by atoms with Crippen LogP contribution in [0.15, 0.2) is 28.7 Å². The molecular weight excluding hydrogens is 304 g/mol. The Balaban J connectivity index is 2.33. The molecule has 1 aromatic carbocycles. The van der Waals surface area contributed by atoms with Crippen LogP contribution in [0.3, 0.4) is 0 Å². The summed E-state index contributed by atoms with van der Waals surface area (Å²) in [6, 6.07) is 7.93. The van der Waals surface area contributed by atoms with Crippen molar-refractivity contribution in [3.63, 3.8) is 0 Å². The number of pyridine rings is 1. The van der Waals surface area contributed by atoms with Crippen molar-refractivity contribution < 1.29 is 4.74 Å². The van der Waals surface area contributed by atoms with Gasteiger partial charge in [0.05, 0.1) is 12.8 Å². The molecule has 3 nitrogen and oxygen atoms in total. The van der Waals surface area contributed by atoms with Gasteiger partial charge in [-0.05, 0) is 72.1 Å². The number of hydrogen-bond donors (Lipinski definition) is 1. The van der Waals surface area contributed by atoms with Gasteiger partial charge >= 0.3 is 0 Å². The molecule has 0 aliphatic heterocycles. The van der Waals surface area contributed by atoms with Crippen LogP contribution in [0.2, 0.25) is 0 Å². The van der Waals surface area contributed by atoms with Crippen LogP contribution in [0.1, 0.15) is 16.8 Å². The maximum absolute atomic E-state index is 5.32. The van der Waals surface area contributed by atoms with Gasteiger partial charge < -0.3 is 10.1 Å². The van der Waals surface area contributed by atoms with Crippen molar-refractivity contribution >= 4 is 27.4 Å². The molecule has 1 heterocycles. The normalized spacial score (nSPS) is 10.4. The summed E-state index contributed by atoms with van der Waals surface area (Å²) in [6.45, 7) is 6.10. The van der Waals surface area contributed by atoms with Crippen LogP contribution in [0.5, 0.6) is 5.75 Å². The number of aryl methyl sites for hydroxylation is 1. The lowest BCUT2D eigenvalue weighted by Gasteiger charge is -2.14. The lowest BCUT2D eigenvalue weighted by atomic mass is 10.1. The standard InChI is InChI=1S/C15H17BrN2O/c1-9-10(2)14(19-4)7-6-13(9)18-15-8-5-12(16)11(3)17-15/h5-8H,1-4H3,(H,17,18). The van der Waals surface area contributed by atoms with Gasteiger partial charge in [-0.25, -0.2) is 4.98 Å². The monoisotopic (exact) mass is 320 g/mol. The highest BCUT2D eigenvalue weighted by Crippen LogP contribution is 2.29. The third-order valence-corrected chi connectivity index (χ3v) is 4.08. The third kappa shape index (κ3) is 2.89. The number of ether oxygens (including phenoxy) is 1. The van der Waals surface area contributed by atoms with E-state index in [-0.39, 0.29) is 0 Å². The molecule has 0 fully saturated rings. The summed E-state index contributed by atoms with van der Waals surface area (Å²) >= 11 is 3.45. The van der Waals surface area contributed by atoms with Gasteiger partial charge in [-0.2, -0.15) is 0 Å². The minimum absolute atomic E-state index is 0.841. The van der Waals surface area contributed by atoms with Crippen molar-refractivity contribution in [3.8, 4) is 5.75 Å². The molecule has 1 N–H and O–H groups in total. The molecule has 2 rings (SSSR count). The molecule has 0 spiro atoms. The summed E-state index contributed by atoms with van der Waals surface area (Å²) < 4.78 is 6.33. The zero-order valence-corrected chi connectivity index (χ0v) is 13.1. The molecule has 0 atom stereocenters. The summed E-state index contributed by atoms with van der Waals surface area (Å²) in [5, 5.41) is 3.34. The Morgan fingerprint density at radius 3 is 2.42 bits per heavy atom. The van der Waals surface area contributed by atoms with Gasteiger partial charge in [-0.15, -0.1) is 0 Å². The predicted molar refractivity (Wildman–Crippen MR) is 82.4 cm³/mol. The molecule has 0 bridgehead atoms. The Morgan fingerprint density at radius 2 is 1.79 bits per heavy atom. The first-order valence-corrected chi connectivity index (χ1v) is 6.86. The molecule has 0 amide bonds. The lowest BCUT2D eigenvalue weighted by Crippen LogP contribution is -1.99. The first-order chi connectivity index (χ1) is 9.02. The number of halogens is 1. The largest absolute Gasteiger partial charge is 0.496 e. The van der Waals surface area contributed by atoms with Crippen molar-refractivity contribution in [1.82, 2.24) is 4.98 Å². The zero-order valence-electron chi connectivity index (χ0n) is 11.5. The van der Waals surface area contributed by atoms with E-state index in [1.165, 1.54) is 5.56 Å². The highest BCUT2D eigenvalue weighted by molar-refractivity contribution is 9.10. The van der Waals surface area contributed by atoms with E-state index in [0.717, 1.165) is 33.0 Å². The smallest absolute Gasteiger partial charge is 0.130 e. The number of benzene rings is 1. The average molecular weight is 321 g/mol. The van der Waals surface area contributed by atoms with Crippen LogP contribution < -0.4 is 10.1 Å². The van der Waals surface area contributed by atoms with E-state index in [4.69, 9.17) is 4.74 Å². The van der Waals surface area contributed by atoms with E-state index in [1.807, 2.05) is 31.2 Å². The Morgan fingerprint density at radius 1 is 1.05 bits per heavy atom. The van der Waals surface area contributed by atoms with Gasteiger partial charge in [0.25, 0.3) is 0 Å². The van der Waals surface area contributed by atoms with E-state index in [2.05, 4.69) is 40.1 Å². The number of nitrogens with one attached hydrogen (secondary N) is 1. The maximum atomic E-state index is 5.32. The van der Waals surface area contributed by atoms with Crippen LogP contribution in [0, 0.1) is 20.8 Å². The third-order valence-electron chi connectivity index (χ3n) is 3.24. The molecule has 0 aliphatic carbocycles. The van der Waals surface area contributed by atoms with Crippen LogP contribution >= 0.6 is 15.9 Å². The summed E-state index contributed by atoms with van der Waals surface area (Å²) in [7, 11) is 1.69. The summed E-state index contributed by atoms with van der Waals surface area (Å²) in [6.07, 6.45) is 0. The molecule has 1 aromatic heterocycles. The molecule has 19 heavy (non-hydrogen) atoms. The molecule has 0 radical (unpaired) electrons. The molecule has 0 saturated carbocycles. The van der Waals surface area contributed by atoms with E-state index in [1.54, 1.807) is 7.11 Å². The van der Waals surface area contributed by atoms with Crippen LogP contribution in [0.4, 0.5) is 11.5 Å². The maximum Gasteiger partial charge on any atom is 0.130 e. The second kappa shape index (κ2) is 5.61. The van der Waals surface area contributed by atoms with Crippen LogP contribution in [-0.4, -0.2) is 12.1 Å². The molecule has 100 valence electrons. The van der Waals surface area contributed by atoms with Crippen molar-refractivity contribution in [3.05, 3.63) is 45.6 Å². The van der Waals surface area contributed by atoms with Crippen molar-refractivity contribution in [2.24, 2.45) is 0 Å². The topological polar surface area (TPSA) is 34.1 Å². The average Bonchev–Trinajstić information content (AvgIpc) is 2.40. The molecule has 4 heteroatoms. The van der Waals surface area contributed by atoms with Crippen molar-refractivity contribution in [2.75, 3.05) is 12.4 Å². The molecule has 2 aromatic rings. The molecule has 0 saturated heterocycles. The first kappa shape index (κ1) is 13.9. The van der Waals surface area contributed by atoms with Gasteiger partial charge in [-0.1, -0.05) is 0 Å². The second-order valence-electron chi connectivity index (χ2n) is 4.45. The Bertz CT molecular complexity index is 611. The Hall–Kier alpha value is -1.55. The molecular formula is C15H17BrN2O. The van der Waals surface area contributed by atoms with E-state index >= 15 is 0 Å². The summed E-state index contributed by atoms with van der Waals surface area (Å²) in [4.78, 5) is 4.49. The van der Waals surface area contributed by atoms with Crippen LogP contribution in [-0.2, 0) is 0 Å². The molecule has 0 unspecified atom stereocenters. The van der Waals surface area contributed by atoms with E-state index in [9.17, 15) is 0 Å². The fraction of sp³-hybridized carbons (Fsp3) is 0.267. The lowest BCUT2D eigenvalue weighted by molar-refractivity contribution is 0.411. The number of nitrogens with zero attached hydrogens (tertiary/aromatic N) is 1. The number of hydrogen-bond acceptors (Lipinski definition) is 3. The number of rotatable bonds is 3. The van der Waals surface area contributed by atoms with Crippen molar-refractivity contribution in [2.45, 2.75) is 20.8 Å². The van der Waals surface area contributed by atoms with Gasteiger partial charge in [0.1, 0.15) is 11.6 Å². The summed E-state index contributed by atoms with van der Waals surface area (Å²) in [5.74, 6) is 1.75. The number of aromatic nitrogens is 1. The Kier molecular flexibility index (Phi) is 4.10. The SMILES string of the molecule is COc1ccc(Nc2ccc(Br)c(C)n2)c(C)c1C.